The summed E-state index contributed by atoms with van der Waals surface area (Å²) in [5, 5.41) is 0. The van der Waals surface area contributed by atoms with Crippen LogP contribution in [0, 0.1) is 19.8 Å². The van der Waals surface area contributed by atoms with Crippen molar-refractivity contribution >= 4 is 0 Å². The molecule has 0 aliphatic carbocycles. The first-order valence-electron chi connectivity index (χ1n) is 17.5. The smallest absolute Gasteiger partial charge is 0.0107 e. The number of hydrogen-bond acceptors (Lipinski definition) is 3. The van der Waals surface area contributed by atoms with Gasteiger partial charge in [0.1, 0.15) is 0 Å². The van der Waals surface area contributed by atoms with Crippen LogP contribution < -0.4 is 0 Å². The van der Waals surface area contributed by atoms with Gasteiger partial charge in [0.05, 0.1) is 0 Å². The number of likely N-dealkylation sites (N-methyl/N-ethyl adjacent to an activating group) is 2. The zero-order valence-corrected chi connectivity index (χ0v) is 32.9. The van der Waals surface area contributed by atoms with Crippen molar-refractivity contribution in [2.75, 3.05) is 60.4 Å². The summed E-state index contributed by atoms with van der Waals surface area (Å²) in [6, 6.07) is 8.48. The molecule has 3 nitrogen and oxygen atoms in total. The molecule has 40 heavy (non-hydrogen) atoms. The van der Waals surface area contributed by atoms with Gasteiger partial charge >= 0.3 is 0 Å². The number of likely N-dealkylation sites (tertiary alicyclic amines) is 1. The fourth-order valence-electron chi connectivity index (χ4n) is 2.68. The summed E-state index contributed by atoms with van der Waals surface area (Å²) in [5.41, 5.74) is 2.66. The van der Waals surface area contributed by atoms with Crippen LogP contribution in [0.3, 0.4) is 0 Å². The summed E-state index contributed by atoms with van der Waals surface area (Å²) < 4.78 is 0. The molecule has 0 aromatic heterocycles. The van der Waals surface area contributed by atoms with Crippen molar-refractivity contribution in [3.63, 3.8) is 0 Å². The predicted molar refractivity (Wildman–Crippen MR) is 198 cm³/mol. The SMILES string of the molecule is CC.CC.CC.CC.CC.CC.CC.CC.CC1CCN(C)CC1.CN1CCN(C)CC1.Cc1ccc(C)cc1. The van der Waals surface area contributed by atoms with Crippen LogP contribution >= 0.6 is 0 Å². The Morgan fingerprint density at radius 1 is 0.400 bits per heavy atom. The quantitative estimate of drug-likeness (QED) is 0.305. The van der Waals surface area contributed by atoms with E-state index in [1.807, 2.05) is 111 Å². The van der Waals surface area contributed by atoms with E-state index in [2.05, 4.69) is 80.9 Å². The van der Waals surface area contributed by atoms with Crippen LogP contribution in [0.25, 0.3) is 0 Å². The van der Waals surface area contributed by atoms with Gasteiger partial charge in [-0.2, -0.15) is 0 Å². The summed E-state index contributed by atoms with van der Waals surface area (Å²) >= 11 is 0. The Hall–Kier alpha value is -0.900. The summed E-state index contributed by atoms with van der Waals surface area (Å²) in [5.74, 6) is 0.978. The highest BCUT2D eigenvalue weighted by Gasteiger charge is 2.10. The van der Waals surface area contributed by atoms with Gasteiger partial charge in [-0.3, -0.25) is 0 Å². The number of nitrogens with zero attached hydrogens (tertiary/aromatic N) is 3. The molecule has 2 saturated heterocycles. The third-order valence-electron chi connectivity index (χ3n) is 4.95. The highest BCUT2D eigenvalue weighted by molar-refractivity contribution is 5.19. The van der Waals surface area contributed by atoms with Crippen molar-refractivity contribution in [3.8, 4) is 0 Å². The Morgan fingerprint density at radius 2 is 0.575 bits per heavy atom. The molecule has 3 heteroatoms. The van der Waals surface area contributed by atoms with Gasteiger partial charge in [-0.1, -0.05) is 153 Å². The van der Waals surface area contributed by atoms with Gasteiger partial charge < -0.3 is 14.7 Å². The molecule has 2 heterocycles. The number of hydrogen-bond donors (Lipinski definition) is 0. The van der Waals surface area contributed by atoms with Crippen molar-refractivity contribution in [1.29, 1.82) is 0 Å². The van der Waals surface area contributed by atoms with Crippen LogP contribution in [-0.2, 0) is 0 Å². The molecule has 2 aliphatic heterocycles. The molecule has 1 aromatic carbocycles. The highest BCUT2D eigenvalue weighted by Crippen LogP contribution is 2.13. The van der Waals surface area contributed by atoms with Crippen molar-refractivity contribution in [1.82, 2.24) is 14.7 Å². The van der Waals surface area contributed by atoms with Crippen LogP contribution in [0.1, 0.15) is 142 Å². The van der Waals surface area contributed by atoms with Crippen LogP contribution in [0.4, 0.5) is 0 Å². The van der Waals surface area contributed by atoms with E-state index >= 15 is 0 Å². The van der Waals surface area contributed by atoms with Gasteiger partial charge in [0.25, 0.3) is 0 Å². The summed E-state index contributed by atoms with van der Waals surface area (Å²) in [6.45, 7) is 46.1. The maximum absolute atomic E-state index is 2.40. The Balaban J connectivity index is -0.0000000512. The van der Waals surface area contributed by atoms with Gasteiger partial charge in [-0.15, -0.1) is 0 Å². The molecule has 2 fully saturated rings. The maximum Gasteiger partial charge on any atom is 0.0107 e. The van der Waals surface area contributed by atoms with Crippen molar-refractivity contribution in [3.05, 3.63) is 35.4 Å². The lowest BCUT2D eigenvalue weighted by Crippen LogP contribution is -2.42. The Labute approximate surface area is 260 Å². The second-order valence-corrected chi connectivity index (χ2v) is 7.75. The third kappa shape index (κ3) is 57.1. The Morgan fingerprint density at radius 3 is 0.750 bits per heavy atom. The van der Waals surface area contributed by atoms with E-state index in [-0.39, 0.29) is 0 Å². The lowest BCUT2D eigenvalue weighted by atomic mass is 10.00. The maximum atomic E-state index is 2.40. The number of piperazine rings is 1. The van der Waals surface area contributed by atoms with E-state index in [0.717, 1.165) is 5.92 Å². The number of rotatable bonds is 0. The number of benzene rings is 1. The average Bonchev–Trinajstić information content (AvgIpc) is 3.06. The molecule has 0 spiro atoms. The Kier molecular flexibility index (Phi) is 90.9. The van der Waals surface area contributed by atoms with Crippen molar-refractivity contribution < 1.29 is 0 Å². The van der Waals surface area contributed by atoms with Crippen LogP contribution in [-0.4, -0.2) is 75.1 Å². The van der Waals surface area contributed by atoms with Gasteiger partial charge in [0.2, 0.25) is 0 Å². The lowest BCUT2D eigenvalue weighted by molar-refractivity contribution is 0.181. The zero-order valence-electron chi connectivity index (χ0n) is 32.9. The Bertz CT molecular complexity index is 355. The molecule has 1 aromatic rings. The first-order valence-corrected chi connectivity index (χ1v) is 17.5. The van der Waals surface area contributed by atoms with E-state index < -0.39 is 0 Å². The second-order valence-electron chi connectivity index (χ2n) is 7.75. The molecule has 0 bridgehead atoms. The largest absolute Gasteiger partial charge is 0.306 e. The average molecular weight is 574 g/mol. The summed E-state index contributed by atoms with van der Waals surface area (Å²) in [7, 11) is 6.55. The molecule has 0 saturated carbocycles. The number of aryl methyl sites for hydroxylation is 2. The third-order valence-corrected chi connectivity index (χ3v) is 4.95. The molecule has 2 aliphatic rings. The molecule has 3 rings (SSSR count). The second kappa shape index (κ2) is 61.9. The van der Waals surface area contributed by atoms with E-state index in [9.17, 15) is 0 Å². The van der Waals surface area contributed by atoms with Crippen LogP contribution in [0.15, 0.2) is 24.3 Å². The predicted octanol–water partition coefficient (Wildman–Crippen LogP) is 11.7. The van der Waals surface area contributed by atoms with Gasteiger partial charge in [-0.25, -0.2) is 0 Å². The highest BCUT2D eigenvalue weighted by atomic mass is 15.2. The molecular weight excluding hydrogens is 486 g/mol. The lowest BCUT2D eigenvalue weighted by Gasteiger charge is -2.28. The van der Waals surface area contributed by atoms with Crippen LogP contribution in [0.2, 0.25) is 0 Å². The fraction of sp³-hybridized carbons (Fsp3) is 0.838. The van der Waals surface area contributed by atoms with Crippen molar-refractivity contribution in [2.24, 2.45) is 5.92 Å². The van der Waals surface area contributed by atoms with Crippen molar-refractivity contribution in [2.45, 2.75) is 144 Å². The van der Waals surface area contributed by atoms with Gasteiger partial charge in [-0.05, 0) is 66.8 Å². The fourth-order valence-corrected chi connectivity index (χ4v) is 2.68. The molecule has 0 unspecified atom stereocenters. The van der Waals surface area contributed by atoms with E-state index in [1.165, 1.54) is 63.2 Å². The first-order chi connectivity index (χ1) is 19.4. The normalized spacial score (nSPS) is 13.6. The van der Waals surface area contributed by atoms with Crippen LogP contribution in [0.5, 0.6) is 0 Å². The molecule has 0 amide bonds. The van der Waals surface area contributed by atoms with Gasteiger partial charge in [0, 0.05) is 26.2 Å². The van der Waals surface area contributed by atoms with E-state index in [0.29, 0.717) is 0 Å². The molecule has 0 N–H and O–H groups in total. The van der Waals surface area contributed by atoms with E-state index in [1.54, 1.807) is 0 Å². The molecule has 0 atom stereocenters. The molecule has 250 valence electrons. The molecule has 0 radical (unpaired) electrons. The van der Waals surface area contributed by atoms with Gasteiger partial charge in [0.15, 0.2) is 0 Å². The minimum Gasteiger partial charge on any atom is -0.306 e. The molecular formula is C37H87N3. The zero-order chi connectivity index (χ0) is 33.9. The first kappa shape index (κ1) is 58.7. The summed E-state index contributed by atoms with van der Waals surface area (Å²) in [4.78, 5) is 7.12. The topological polar surface area (TPSA) is 9.72 Å². The monoisotopic (exact) mass is 574 g/mol. The minimum absolute atomic E-state index is 0.978. The standard InChI is InChI=1S/C8H10.C7H15N.C6H14N2.8C2H6/c3*1-7-3-5-8(2)6-4-7;8*1-2/h3-6H,1-2H3;7H,3-6H2,1-2H3;3-6H2,1-2H3;8*1-2H3. The summed E-state index contributed by atoms with van der Waals surface area (Å²) in [6.07, 6.45) is 2.80. The van der Waals surface area contributed by atoms with E-state index in [4.69, 9.17) is 0 Å². The number of piperidine rings is 1. The minimum atomic E-state index is 0.978.